The van der Waals surface area contributed by atoms with Crippen molar-refractivity contribution in [3.8, 4) is 0 Å². The molecule has 12 heavy (non-hydrogen) atoms. The molecule has 7 nitrogen and oxygen atoms in total. The maximum absolute atomic E-state index is 10.1. The number of nitrogens with zero attached hydrogens (tertiary/aromatic N) is 4. The maximum Gasteiger partial charge on any atom is 1.00 e. The van der Waals surface area contributed by atoms with Crippen molar-refractivity contribution in [1.82, 2.24) is 20.2 Å². The molecule has 0 spiro atoms. The fourth-order valence-electron chi connectivity index (χ4n) is 0.433. The van der Waals surface area contributed by atoms with Crippen molar-refractivity contribution in [1.29, 1.82) is 0 Å². The van der Waals surface area contributed by atoms with Crippen molar-refractivity contribution in [2.24, 2.45) is 0 Å². The summed E-state index contributed by atoms with van der Waals surface area (Å²) in [5.74, 6) is -0.793. The predicted octanol–water partition coefficient (Wildman–Crippen LogP) is -4.53. The summed E-state index contributed by atoms with van der Waals surface area (Å²) in [5.41, 5.74) is 0. The Bertz CT molecular complexity index is 347. The molecule has 0 atom stereocenters. The van der Waals surface area contributed by atoms with E-state index in [1.54, 1.807) is 0 Å². The number of rotatable bonds is 2. The Labute approximate surface area is 96.0 Å². The van der Waals surface area contributed by atoms with E-state index in [4.69, 9.17) is 0 Å². The van der Waals surface area contributed by atoms with E-state index in [1.165, 1.54) is 0 Å². The fourth-order valence-corrected chi connectivity index (χ4v) is 1.15. The molecule has 0 unspecified atom stereocenters. The van der Waals surface area contributed by atoms with Gasteiger partial charge in [-0.2, -0.15) is 0 Å². The molecule has 62 valence electrons. The van der Waals surface area contributed by atoms with Gasteiger partial charge in [0.2, 0.25) is 5.16 Å². The number of hydrogen-bond donors (Lipinski definition) is 1. The normalized spacial score (nSPS) is 10.8. The van der Waals surface area contributed by atoms with Crippen LogP contribution in [0.25, 0.3) is 0 Å². The third-order valence-corrected chi connectivity index (χ3v) is 1.67. The summed E-state index contributed by atoms with van der Waals surface area (Å²) in [6, 6.07) is 0. The van der Waals surface area contributed by atoms with Gasteiger partial charge in [-0.15, -0.1) is 17.7 Å². The van der Waals surface area contributed by atoms with Crippen LogP contribution in [0.4, 0.5) is 0 Å². The van der Waals surface area contributed by atoms with E-state index >= 15 is 0 Å². The first-order chi connectivity index (χ1) is 4.99. The van der Waals surface area contributed by atoms with E-state index in [-0.39, 0.29) is 34.7 Å². The molecule has 0 radical (unpaired) electrons. The van der Waals surface area contributed by atoms with E-state index in [0.717, 1.165) is 4.68 Å². The Hall–Kier alpha value is 0.330. The second-order valence-electron chi connectivity index (χ2n) is 1.67. The molecule has 0 aromatic carbocycles. The van der Waals surface area contributed by atoms with Gasteiger partial charge in [-0.1, -0.05) is 0 Å². The summed E-state index contributed by atoms with van der Waals surface area (Å²) in [6.45, 7) is 0. The van der Waals surface area contributed by atoms with Crippen LogP contribution >= 0.6 is 12.6 Å². The zero-order chi connectivity index (χ0) is 8.48. The van der Waals surface area contributed by atoms with Gasteiger partial charge in [-0.25, -0.2) is 13.1 Å². The zero-order valence-electron chi connectivity index (χ0n) is 6.08. The number of aromatic nitrogens is 4. The van der Waals surface area contributed by atoms with E-state index in [9.17, 15) is 13.0 Å². The van der Waals surface area contributed by atoms with E-state index < -0.39 is 16.0 Å². The molecule has 0 fully saturated rings. The predicted molar refractivity (Wildman–Crippen MR) is 34.8 cm³/mol. The molecule has 0 bridgehead atoms. The molecule has 0 aliphatic rings. The quantitative estimate of drug-likeness (QED) is 0.305. The van der Waals surface area contributed by atoms with Gasteiger partial charge in [0, 0.05) is 0 Å². The molecule has 1 aromatic rings. The van der Waals surface area contributed by atoms with Gasteiger partial charge in [-0.3, -0.25) is 0 Å². The SMILES string of the molecule is O=S(=O)([O-])Cn1nnnc1S.[Na+]. The average Bonchev–Trinajstić information content (AvgIpc) is 2.12. The van der Waals surface area contributed by atoms with Crippen molar-refractivity contribution in [2.45, 2.75) is 11.0 Å². The fraction of sp³-hybridized carbons (Fsp3) is 0.500. The standard InChI is InChI=1S/C2H4N4O3S2.Na/c7-11(8,9)1-6-2(10)3-4-5-6;/h1H2,(H,3,5,10)(H,7,8,9);/q;+1/p-1. The molecule has 0 aliphatic heterocycles. The van der Waals surface area contributed by atoms with Crippen molar-refractivity contribution in [2.75, 3.05) is 0 Å². The summed E-state index contributed by atoms with van der Waals surface area (Å²) in [4.78, 5) is 0. The van der Waals surface area contributed by atoms with Crippen molar-refractivity contribution in [3.63, 3.8) is 0 Å². The Morgan fingerprint density at radius 3 is 2.50 bits per heavy atom. The number of thiol groups is 1. The van der Waals surface area contributed by atoms with Crippen LogP contribution in [0.1, 0.15) is 0 Å². The van der Waals surface area contributed by atoms with Gasteiger partial charge in [0.15, 0.2) is 0 Å². The van der Waals surface area contributed by atoms with Crippen molar-refractivity contribution in [3.05, 3.63) is 0 Å². The average molecular weight is 218 g/mol. The van der Waals surface area contributed by atoms with Gasteiger partial charge < -0.3 is 4.55 Å². The minimum atomic E-state index is -4.35. The Morgan fingerprint density at radius 1 is 1.58 bits per heavy atom. The molecular formula is C2H3N4NaO3S2. The first kappa shape index (κ1) is 12.3. The Morgan fingerprint density at radius 2 is 2.17 bits per heavy atom. The largest absolute Gasteiger partial charge is 1.00 e. The third kappa shape index (κ3) is 3.83. The summed E-state index contributed by atoms with van der Waals surface area (Å²) in [6.07, 6.45) is 0. The number of tetrazole rings is 1. The van der Waals surface area contributed by atoms with Crippen molar-refractivity contribution < 1.29 is 42.5 Å². The molecule has 0 amide bonds. The summed E-state index contributed by atoms with van der Waals surface area (Å²) < 4.78 is 31.2. The van der Waals surface area contributed by atoms with Crippen molar-refractivity contribution >= 4 is 22.7 Å². The molecule has 1 heterocycles. The van der Waals surface area contributed by atoms with Gasteiger partial charge in [0.05, 0.1) is 0 Å². The van der Waals surface area contributed by atoms with Gasteiger partial charge >= 0.3 is 29.6 Å². The van der Waals surface area contributed by atoms with Crippen LogP contribution in [0, 0.1) is 0 Å². The maximum atomic E-state index is 10.1. The van der Waals surface area contributed by atoms with Crippen LogP contribution in [-0.2, 0) is 16.0 Å². The molecule has 0 N–H and O–H groups in total. The number of hydrogen-bond acceptors (Lipinski definition) is 7. The van der Waals surface area contributed by atoms with Gasteiger partial charge in [0.25, 0.3) is 0 Å². The first-order valence-electron chi connectivity index (χ1n) is 2.38. The summed E-state index contributed by atoms with van der Waals surface area (Å²) in [7, 11) is -4.35. The Kier molecular flexibility index (Phi) is 4.66. The Balaban J connectivity index is 0.00000121. The van der Waals surface area contributed by atoms with Gasteiger partial charge in [-0.05, 0) is 10.4 Å². The molecule has 0 saturated carbocycles. The first-order valence-corrected chi connectivity index (χ1v) is 4.40. The second-order valence-corrected chi connectivity index (χ2v) is 3.44. The van der Waals surface area contributed by atoms with Crippen LogP contribution < -0.4 is 29.6 Å². The van der Waals surface area contributed by atoms with E-state index in [2.05, 4.69) is 28.2 Å². The van der Waals surface area contributed by atoms with E-state index in [1.807, 2.05) is 0 Å². The van der Waals surface area contributed by atoms with Crippen LogP contribution in [0.5, 0.6) is 0 Å². The monoisotopic (exact) mass is 218 g/mol. The van der Waals surface area contributed by atoms with Gasteiger partial charge in [0.1, 0.15) is 16.0 Å². The summed E-state index contributed by atoms with van der Waals surface area (Å²) in [5, 5.41) is 9.54. The molecule has 0 aliphatic carbocycles. The van der Waals surface area contributed by atoms with Crippen LogP contribution in [0.3, 0.4) is 0 Å². The topological polar surface area (TPSA) is 101 Å². The molecule has 1 aromatic heterocycles. The third-order valence-electron chi connectivity index (χ3n) is 0.793. The van der Waals surface area contributed by atoms with E-state index in [0.29, 0.717) is 0 Å². The molecular weight excluding hydrogens is 215 g/mol. The minimum Gasteiger partial charge on any atom is -0.747 e. The zero-order valence-corrected chi connectivity index (χ0v) is 9.79. The van der Waals surface area contributed by atoms with Crippen LogP contribution in [0.15, 0.2) is 5.16 Å². The van der Waals surface area contributed by atoms with Crippen LogP contribution in [-0.4, -0.2) is 33.2 Å². The molecule has 10 heteroatoms. The molecule has 0 saturated heterocycles. The smallest absolute Gasteiger partial charge is 0.747 e. The second kappa shape index (κ2) is 4.53. The molecule has 1 rings (SSSR count). The minimum absolute atomic E-state index is 0. The van der Waals surface area contributed by atoms with Crippen LogP contribution in [0.2, 0.25) is 0 Å². The summed E-state index contributed by atoms with van der Waals surface area (Å²) >= 11 is 3.68.